The molecule has 18 heavy (non-hydrogen) atoms. The molecule has 4 heteroatoms. The van der Waals surface area contributed by atoms with Gasteiger partial charge in [-0.2, -0.15) is 0 Å². The molecule has 1 saturated heterocycles. The maximum Gasteiger partial charge on any atom is 0.198 e. The minimum absolute atomic E-state index is 1.05. The van der Waals surface area contributed by atoms with Crippen LogP contribution in [-0.2, 0) is 0 Å². The smallest absolute Gasteiger partial charge is 0.198 e. The summed E-state index contributed by atoms with van der Waals surface area (Å²) >= 11 is 0. The van der Waals surface area contributed by atoms with Gasteiger partial charge in [-0.3, -0.25) is 4.90 Å². The van der Waals surface area contributed by atoms with Crippen molar-refractivity contribution in [3.8, 4) is 0 Å². The molecule has 1 aliphatic rings. The highest BCUT2D eigenvalue weighted by Crippen LogP contribution is 2.17. The van der Waals surface area contributed by atoms with Gasteiger partial charge in [-0.15, -0.1) is 0 Å². The third kappa shape index (κ3) is 1.86. The Kier molecular flexibility index (Phi) is 2.96. The number of nitrogens with zero attached hydrogens (tertiary/aromatic N) is 4. The molecule has 1 radical (unpaired) electrons. The molecule has 0 bridgehead atoms. The number of rotatable bonds is 2. The summed E-state index contributed by atoms with van der Waals surface area (Å²) in [4.78, 5) is 6.89. The van der Waals surface area contributed by atoms with Crippen molar-refractivity contribution in [1.29, 1.82) is 0 Å². The van der Waals surface area contributed by atoms with Crippen LogP contribution in [-0.4, -0.2) is 47.3 Å². The van der Waals surface area contributed by atoms with Crippen LogP contribution in [0, 0.1) is 13.3 Å². The Bertz CT molecular complexity index is 538. The van der Waals surface area contributed by atoms with Gasteiger partial charge in [-0.25, -0.2) is 9.66 Å². The zero-order chi connectivity index (χ0) is 12.5. The van der Waals surface area contributed by atoms with Crippen LogP contribution in [0.15, 0.2) is 18.2 Å². The molecule has 0 amide bonds. The molecule has 3 rings (SSSR count). The molecule has 2 aromatic rings. The number of likely N-dealkylation sites (N-methyl/N-ethyl adjacent to an activating group) is 1. The molecule has 1 aromatic carbocycles. The molecule has 95 valence electrons. The molecule has 1 fully saturated rings. The number of hydrogen-bond acceptors (Lipinski definition) is 3. The van der Waals surface area contributed by atoms with E-state index in [-0.39, 0.29) is 0 Å². The van der Waals surface area contributed by atoms with Crippen LogP contribution in [0.3, 0.4) is 0 Å². The fourth-order valence-corrected chi connectivity index (χ4v) is 2.58. The van der Waals surface area contributed by atoms with Crippen molar-refractivity contribution >= 4 is 11.0 Å². The summed E-state index contributed by atoms with van der Waals surface area (Å²) in [5.41, 5.74) is 3.45. The third-order valence-electron chi connectivity index (χ3n) is 3.78. The van der Waals surface area contributed by atoms with Crippen LogP contribution in [0.1, 0.15) is 12.5 Å². The van der Waals surface area contributed by atoms with Gasteiger partial charge in [0.1, 0.15) is 0 Å². The second kappa shape index (κ2) is 4.61. The quantitative estimate of drug-likeness (QED) is 0.797. The summed E-state index contributed by atoms with van der Waals surface area (Å²) in [6.45, 7) is 9.79. The highest BCUT2D eigenvalue weighted by Gasteiger charge is 2.17. The maximum atomic E-state index is 4.42. The average Bonchev–Trinajstić information content (AvgIpc) is 2.84. The van der Waals surface area contributed by atoms with Gasteiger partial charge < -0.3 is 5.01 Å². The highest BCUT2D eigenvalue weighted by molar-refractivity contribution is 5.78. The van der Waals surface area contributed by atoms with Gasteiger partial charge in [-0.1, -0.05) is 19.1 Å². The second-order valence-electron chi connectivity index (χ2n) is 4.85. The summed E-state index contributed by atoms with van der Waals surface area (Å²) in [6.07, 6.45) is 3.13. The van der Waals surface area contributed by atoms with Gasteiger partial charge >= 0.3 is 0 Å². The lowest BCUT2D eigenvalue weighted by Crippen LogP contribution is -2.50. The number of piperazine rings is 1. The number of aryl methyl sites for hydroxylation is 1. The Morgan fingerprint density at radius 2 is 2.00 bits per heavy atom. The van der Waals surface area contributed by atoms with Crippen molar-refractivity contribution in [2.75, 3.05) is 37.7 Å². The van der Waals surface area contributed by atoms with Crippen LogP contribution in [0.25, 0.3) is 11.0 Å². The minimum Gasteiger partial charge on any atom is -0.308 e. The van der Waals surface area contributed by atoms with Crippen molar-refractivity contribution in [2.45, 2.75) is 13.8 Å². The van der Waals surface area contributed by atoms with E-state index >= 15 is 0 Å². The molecule has 1 aromatic heterocycles. The first-order valence-corrected chi connectivity index (χ1v) is 6.63. The van der Waals surface area contributed by atoms with Crippen molar-refractivity contribution in [1.82, 2.24) is 14.6 Å². The number of hydrogen-bond donors (Lipinski definition) is 0. The molecule has 0 N–H and O–H groups in total. The number of benzene rings is 1. The summed E-state index contributed by atoms with van der Waals surface area (Å²) in [7, 11) is 0. The van der Waals surface area contributed by atoms with E-state index in [9.17, 15) is 0 Å². The Labute approximate surface area is 108 Å². The van der Waals surface area contributed by atoms with E-state index in [0.717, 1.165) is 38.2 Å². The van der Waals surface area contributed by atoms with E-state index in [2.05, 4.69) is 57.9 Å². The van der Waals surface area contributed by atoms with E-state index < -0.39 is 0 Å². The highest BCUT2D eigenvalue weighted by atomic mass is 15.6. The van der Waals surface area contributed by atoms with E-state index in [1.165, 1.54) is 11.1 Å². The molecule has 0 saturated carbocycles. The number of para-hydroxylation sites is 1. The number of imidazole rings is 1. The maximum absolute atomic E-state index is 4.42. The Morgan fingerprint density at radius 1 is 1.22 bits per heavy atom. The first-order valence-electron chi connectivity index (χ1n) is 6.63. The fourth-order valence-electron chi connectivity index (χ4n) is 2.58. The van der Waals surface area contributed by atoms with Gasteiger partial charge in [0.2, 0.25) is 0 Å². The van der Waals surface area contributed by atoms with E-state index in [1.54, 1.807) is 0 Å². The molecule has 0 atom stereocenters. The summed E-state index contributed by atoms with van der Waals surface area (Å²) in [5, 5.41) is 2.33. The molecule has 1 aliphatic heterocycles. The van der Waals surface area contributed by atoms with Crippen molar-refractivity contribution < 1.29 is 0 Å². The molecule has 0 unspecified atom stereocenters. The molecule has 0 spiro atoms. The number of aromatic nitrogens is 2. The normalized spacial score (nSPS) is 17.6. The van der Waals surface area contributed by atoms with Crippen LogP contribution >= 0.6 is 0 Å². The van der Waals surface area contributed by atoms with Crippen molar-refractivity contribution in [3.63, 3.8) is 0 Å². The van der Waals surface area contributed by atoms with Crippen LogP contribution < -0.4 is 5.01 Å². The fraction of sp³-hybridized carbons (Fsp3) is 0.500. The van der Waals surface area contributed by atoms with Gasteiger partial charge in [0.05, 0.1) is 11.0 Å². The van der Waals surface area contributed by atoms with Gasteiger partial charge in [0.15, 0.2) is 6.33 Å². The standard InChI is InChI=1S/C14H19N4/c1-3-16-7-9-17(10-8-16)18-11-15-14-12(2)5-4-6-13(14)18/h4-6H,3,7-10H2,1-2H3. The molecular formula is C14H19N4. The SMILES string of the molecule is CCN1CCN(n2[c]nc3c(C)cccc32)CC1. The Hall–Kier alpha value is -1.55. The van der Waals surface area contributed by atoms with Gasteiger partial charge in [-0.05, 0) is 25.1 Å². The molecule has 0 aliphatic carbocycles. The lowest BCUT2D eigenvalue weighted by molar-refractivity contribution is 0.252. The number of fused-ring (bicyclic) bond motifs is 1. The lowest BCUT2D eigenvalue weighted by Gasteiger charge is -2.35. The third-order valence-corrected chi connectivity index (χ3v) is 3.78. The van der Waals surface area contributed by atoms with Gasteiger partial charge in [0, 0.05) is 26.2 Å². The lowest BCUT2D eigenvalue weighted by atomic mass is 10.2. The zero-order valence-electron chi connectivity index (χ0n) is 11.1. The monoisotopic (exact) mass is 243 g/mol. The second-order valence-corrected chi connectivity index (χ2v) is 4.85. The summed E-state index contributed by atoms with van der Waals surface area (Å²) in [5.74, 6) is 0. The molecule has 4 nitrogen and oxygen atoms in total. The van der Waals surface area contributed by atoms with Crippen molar-refractivity contribution in [3.05, 3.63) is 30.1 Å². The average molecular weight is 243 g/mol. The predicted molar refractivity (Wildman–Crippen MR) is 73.4 cm³/mol. The first-order chi connectivity index (χ1) is 8.79. The summed E-state index contributed by atoms with van der Waals surface area (Å²) < 4.78 is 2.09. The zero-order valence-corrected chi connectivity index (χ0v) is 11.1. The predicted octanol–water partition coefficient (Wildman–Crippen LogP) is 1.42. The van der Waals surface area contributed by atoms with Crippen LogP contribution in [0.2, 0.25) is 0 Å². The first kappa shape index (κ1) is 11.5. The topological polar surface area (TPSA) is 24.3 Å². The van der Waals surface area contributed by atoms with Crippen molar-refractivity contribution in [2.24, 2.45) is 0 Å². The van der Waals surface area contributed by atoms with E-state index in [0.29, 0.717) is 0 Å². The van der Waals surface area contributed by atoms with E-state index in [4.69, 9.17) is 0 Å². The Morgan fingerprint density at radius 3 is 2.72 bits per heavy atom. The van der Waals surface area contributed by atoms with Gasteiger partial charge in [0.25, 0.3) is 0 Å². The largest absolute Gasteiger partial charge is 0.308 e. The summed E-state index contributed by atoms with van der Waals surface area (Å²) in [6, 6.07) is 6.31. The van der Waals surface area contributed by atoms with Crippen LogP contribution in [0.5, 0.6) is 0 Å². The minimum atomic E-state index is 1.05. The molecular weight excluding hydrogens is 224 g/mol. The molecule has 2 heterocycles. The Balaban J connectivity index is 1.89. The van der Waals surface area contributed by atoms with Crippen LogP contribution in [0.4, 0.5) is 0 Å². The van der Waals surface area contributed by atoms with E-state index in [1.807, 2.05) is 0 Å².